The summed E-state index contributed by atoms with van der Waals surface area (Å²) in [5.41, 5.74) is 1.72. The van der Waals surface area contributed by atoms with Crippen molar-refractivity contribution in [3.8, 4) is 11.5 Å². The summed E-state index contributed by atoms with van der Waals surface area (Å²) in [4.78, 5) is 30.4. The van der Waals surface area contributed by atoms with Gasteiger partial charge in [-0.1, -0.05) is 37.6 Å². The number of aryl methyl sites for hydroxylation is 1. The molecule has 2 aromatic rings. The van der Waals surface area contributed by atoms with Crippen LogP contribution in [0.15, 0.2) is 42.0 Å². The zero-order chi connectivity index (χ0) is 26.6. The minimum absolute atomic E-state index is 0.00112. The van der Waals surface area contributed by atoms with Crippen LogP contribution < -0.4 is 9.47 Å². The molecule has 7 nitrogen and oxygen atoms in total. The van der Waals surface area contributed by atoms with Gasteiger partial charge >= 0.3 is 0 Å². The van der Waals surface area contributed by atoms with E-state index < -0.39 is 17.7 Å². The van der Waals surface area contributed by atoms with Crippen LogP contribution in [0.1, 0.15) is 50.4 Å². The Morgan fingerprint density at radius 2 is 1.86 bits per heavy atom. The van der Waals surface area contributed by atoms with E-state index in [4.69, 9.17) is 21.1 Å². The second-order valence-electron chi connectivity index (χ2n) is 9.09. The van der Waals surface area contributed by atoms with Crippen LogP contribution in [0.3, 0.4) is 0 Å². The highest BCUT2D eigenvalue weighted by Gasteiger charge is 2.46. The van der Waals surface area contributed by atoms with Gasteiger partial charge in [0.05, 0.1) is 35.4 Å². The van der Waals surface area contributed by atoms with E-state index >= 15 is 0 Å². The van der Waals surface area contributed by atoms with Gasteiger partial charge in [-0.3, -0.25) is 9.59 Å². The third-order valence-corrected chi connectivity index (χ3v) is 6.57. The van der Waals surface area contributed by atoms with Gasteiger partial charge in [0.15, 0.2) is 0 Å². The standard InChI is InChI=1S/C28H35ClN2O5/c1-7-30(8-2)12-13-31-24(19-10-9-11-20(16-19)36-17(3)4)23(26(33)28(31)34)25(32)21-14-18(5)15-22(29)27(21)35-6/h9-11,14-17,24,32H,7-8,12-13H2,1-6H3/b25-23+. The van der Waals surface area contributed by atoms with Crippen molar-refractivity contribution in [2.24, 2.45) is 0 Å². The Labute approximate surface area is 218 Å². The van der Waals surface area contributed by atoms with E-state index in [9.17, 15) is 14.7 Å². The predicted molar refractivity (Wildman–Crippen MR) is 142 cm³/mol. The molecule has 0 aliphatic carbocycles. The van der Waals surface area contributed by atoms with Crippen LogP contribution in [0.5, 0.6) is 11.5 Å². The van der Waals surface area contributed by atoms with Gasteiger partial charge in [0, 0.05) is 13.1 Å². The number of Topliss-reactive ketones (excluding diaryl/α,β-unsaturated/α-hetero) is 1. The Kier molecular flexibility index (Phi) is 9.03. The average Bonchev–Trinajstić information content (AvgIpc) is 3.08. The number of aliphatic hydroxyl groups is 1. The number of ether oxygens (including phenoxy) is 2. The number of halogens is 1. The number of hydrogen-bond donors (Lipinski definition) is 1. The van der Waals surface area contributed by atoms with Crippen LogP contribution in [-0.4, -0.2) is 66.0 Å². The van der Waals surface area contributed by atoms with Crippen molar-refractivity contribution in [2.75, 3.05) is 33.3 Å². The number of nitrogens with zero attached hydrogens (tertiary/aromatic N) is 2. The zero-order valence-corrected chi connectivity index (χ0v) is 22.6. The summed E-state index contributed by atoms with van der Waals surface area (Å²) in [6.07, 6.45) is -0.0482. The maximum Gasteiger partial charge on any atom is 0.295 e. The summed E-state index contributed by atoms with van der Waals surface area (Å²) in [6.45, 7) is 12.4. The summed E-state index contributed by atoms with van der Waals surface area (Å²) in [7, 11) is 1.44. The number of carbonyl (C=O) groups excluding carboxylic acids is 2. The lowest BCUT2D eigenvalue weighted by Gasteiger charge is -2.28. The lowest BCUT2D eigenvalue weighted by Crippen LogP contribution is -2.38. The van der Waals surface area contributed by atoms with E-state index in [1.54, 1.807) is 12.1 Å². The first-order valence-electron chi connectivity index (χ1n) is 12.2. The van der Waals surface area contributed by atoms with E-state index in [0.717, 1.165) is 18.7 Å². The van der Waals surface area contributed by atoms with Crippen molar-refractivity contribution in [3.05, 3.63) is 63.7 Å². The van der Waals surface area contributed by atoms with Gasteiger partial charge < -0.3 is 24.4 Å². The molecule has 3 rings (SSSR count). The molecule has 8 heteroatoms. The molecule has 0 radical (unpaired) electrons. The van der Waals surface area contributed by atoms with Gasteiger partial charge in [-0.25, -0.2) is 0 Å². The Morgan fingerprint density at radius 1 is 1.17 bits per heavy atom. The van der Waals surface area contributed by atoms with E-state index in [0.29, 0.717) is 29.4 Å². The molecule has 1 fully saturated rings. The largest absolute Gasteiger partial charge is 0.507 e. The monoisotopic (exact) mass is 514 g/mol. The smallest absolute Gasteiger partial charge is 0.295 e. The molecule has 0 spiro atoms. The molecule has 1 aliphatic heterocycles. The molecule has 0 aromatic heterocycles. The van der Waals surface area contributed by atoms with Crippen LogP contribution >= 0.6 is 11.6 Å². The van der Waals surface area contributed by atoms with Gasteiger partial charge in [0.2, 0.25) is 0 Å². The van der Waals surface area contributed by atoms with Crippen molar-refractivity contribution in [1.82, 2.24) is 9.80 Å². The molecule has 1 heterocycles. The number of rotatable bonds is 10. The average molecular weight is 515 g/mol. The Bertz CT molecular complexity index is 1160. The Morgan fingerprint density at radius 3 is 2.47 bits per heavy atom. The molecule has 1 unspecified atom stereocenters. The number of ketones is 1. The van der Waals surface area contributed by atoms with E-state index in [1.807, 2.05) is 45.0 Å². The molecule has 194 valence electrons. The van der Waals surface area contributed by atoms with Crippen LogP contribution in [0, 0.1) is 6.92 Å². The summed E-state index contributed by atoms with van der Waals surface area (Å²) in [5, 5.41) is 11.8. The second-order valence-corrected chi connectivity index (χ2v) is 9.49. The Hall–Kier alpha value is -3.03. The minimum atomic E-state index is -0.791. The molecule has 0 saturated carbocycles. The molecule has 1 atom stereocenters. The lowest BCUT2D eigenvalue weighted by molar-refractivity contribution is -0.140. The summed E-state index contributed by atoms with van der Waals surface area (Å²) >= 11 is 6.38. The quantitative estimate of drug-likeness (QED) is 0.266. The van der Waals surface area contributed by atoms with Crippen molar-refractivity contribution in [3.63, 3.8) is 0 Å². The highest BCUT2D eigenvalue weighted by Crippen LogP contribution is 2.43. The fraction of sp³-hybridized carbons (Fsp3) is 0.429. The normalized spacial score (nSPS) is 17.4. The van der Waals surface area contributed by atoms with Crippen LogP contribution in [0.4, 0.5) is 0 Å². The molecule has 1 saturated heterocycles. The topological polar surface area (TPSA) is 79.3 Å². The van der Waals surface area contributed by atoms with Crippen molar-refractivity contribution >= 4 is 29.1 Å². The predicted octanol–water partition coefficient (Wildman–Crippen LogP) is 5.21. The minimum Gasteiger partial charge on any atom is -0.507 e. The molecule has 2 aromatic carbocycles. The number of methoxy groups -OCH3 is 1. The number of likely N-dealkylation sites (tertiary alicyclic amines) is 1. The first-order valence-corrected chi connectivity index (χ1v) is 12.6. The molecule has 1 N–H and O–H groups in total. The number of carbonyl (C=O) groups is 2. The summed E-state index contributed by atoms with van der Waals surface area (Å²) in [6, 6.07) is 9.91. The Balaban J connectivity index is 2.21. The van der Waals surface area contributed by atoms with E-state index in [2.05, 4.69) is 18.7 Å². The zero-order valence-electron chi connectivity index (χ0n) is 21.8. The number of likely N-dealkylation sites (N-methyl/N-ethyl adjacent to an activating group) is 1. The number of benzene rings is 2. The first kappa shape index (κ1) is 27.6. The van der Waals surface area contributed by atoms with Crippen LogP contribution in [0.2, 0.25) is 5.02 Å². The summed E-state index contributed by atoms with van der Waals surface area (Å²) in [5.74, 6) is -0.854. The first-order chi connectivity index (χ1) is 17.1. The highest BCUT2D eigenvalue weighted by molar-refractivity contribution is 6.46. The van der Waals surface area contributed by atoms with Crippen molar-refractivity contribution in [2.45, 2.75) is 46.8 Å². The van der Waals surface area contributed by atoms with Crippen molar-refractivity contribution < 1.29 is 24.2 Å². The number of amides is 1. The molecule has 0 bridgehead atoms. The van der Waals surface area contributed by atoms with Gasteiger partial charge in [0.25, 0.3) is 11.7 Å². The SMILES string of the molecule is CCN(CC)CCN1C(=O)C(=O)/C(=C(/O)c2cc(C)cc(Cl)c2OC)C1c1cccc(OC(C)C)c1. The molecule has 1 aliphatic rings. The molecular formula is C28H35ClN2O5. The number of aliphatic hydroxyl groups excluding tert-OH is 1. The summed E-state index contributed by atoms with van der Waals surface area (Å²) < 4.78 is 11.3. The third kappa shape index (κ3) is 5.68. The van der Waals surface area contributed by atoms with Crippen molar-refractivity contribution in [1.29, 1.82) is 0 Å². The van der Waals surface area contributed by atoms with E-state index in [1.165, 1.54) is 12.0 Å². The van der Waals surface area contributed by atoms with Gasteiger partial charge in [-0.15, -0.1) is 0 Å². The van der Waals surface area contributed by atoms with Crippen LogP contribution in [0.25, 0.3) is 5.76 Å². The fourth-order valence-electron chi connectivity index (χ4n) is 4.53. The third-order valence-electron chi connectivity index (χ3n) is 6.28. The maximum absolute atomic E-state index is 13.4. The molecule has 1 amide bonds. The van der Waals surface area contributed by atoms with E-state index in [-0.39, 0.29) is 28.7 Å². The van der Waals surface area contributed by atoms with Crippen LogP contribution in [-0.2, 0) is 9.59 Å². The van der Waals surface area contributed by atoms with Gasteiger partial charge in [0.1, 0.15) is 17.3 Å². The number of hydrogen-bond acceptors (Lipinski definition) is 6. The highest BCUT2D eigenvalue weighted by atomic mass is 35.5. The maximum atomic E-state index is 13.4. The molecular weight excluding hydrogens is 480 g/mol. The fourth-order valence-corrected chi connectivity index (χ4v) is 4.88. The lowest BCUT2D eigenvalue weighted by atomic mass is 9.94. The molecule has 36 heavy (non-hydrogen) atoms. The second kappa shape index (κ2) is 11.8. The van der Waals surface area contributed by atoms with Gasteiger partial charge in [-0.05, 0) is 69.3 Å². The van der Waals surface area contributed by atoms with Gasteiger partial charge in [-0.2, -0.15) is 0 Å².